The molecule has 76 heavy (non-hydrogen) atoms. The van der Waals surface area contributed by atoms with Crippen molar-refractivity contribution in [3.05, 3.63) is 35.9 Å². The summed E-state index contributed by atoms with van der Waals surface area (Å²) in [5.74, 6) is -16.4. The Morgan fingerprint density at radius 2 is 0.974 bits per heavy atom. The van der Waals surface area contributed by atoms with E-state index in [2.05, 4.69) is 54.8 Å². The summed E-state index contributed by atoms with van der Waals surface area (Å²) in [6.45, 7) is 5.55. The number of nitrogens with two attached hydrogens (primary N) is 3. The molecule has 31 heteroatoms. The number of nitrogens with zero attached hydrogens (tertiary/aromatic N) is 1. The first-order valence-electron chi connectivity index (χ1n) is 23.6. The fourth-order valence-electron chi connectivity index (χ4n) is 6.72. The van der Waals surface area contributed by atoms with Crippen molar-refractivity contribution in [3.8, 4) is 0 Å². The molecule has 0 aliphatic rings. The Morgan fingerprint density at radius 3 is 1.45 bits per heavy atom. The van der Waals surface area contributed by atoms with E-state index in [1.807, 2.05) is 10.6 Å². The number of aliphatic hydroxyl groups is 2. The number of carbonyl (C=O) groups is 12. The number of rotatable bonds is 34. The average molecular weight is 1100 g/mol. The highest BCUT2D eigenvalue weighted by Gasteiger charge is 2.37. The number of aliphatic hydroxyl groups excluding tert-OH is 2. The maximum atomic E-state index is 13.8. The lowest BCUT2D eigenvalue weighted by Crippen LogP contribution is -2.63. The molecule has 0 aliphatic carbocycles. The monoisotopic (exact) mass is 1100 g/mol. The van der Waals surface area contributed by atoms with Gasteiger partial charge in [-0.15, -0.1) is 0 Å². The van der Waals surface area contributed by atoms with Crippen LogP contribution < -0.4 is 65.1 Å². The maximum absolute atomic E-state index is 13.8. The van der Waals surface area contributed by atoms with Gasteiger partial charge in [-0.05, 0) is 37.2 Å². The lowest BCUT2D eigenvalue weighted by atomic mass is 10.00. The highest BCUT2D eigenvalue weighted by molar-refractivity contribution is 7.80. The topological polar surface area (TPSA) is 505 Å². The fourth-order valence-corrected chi connectivity index (χ4v) is 6.98. The van der Waals surface area contributed by atoms with E-state index in [1.165, 1.54) is 32.9 Å². The third-order valence-corrected chi connectivity index (χ3v) is 11.2. The van der Waals surface area contributed by atoms with Crippen molar-refractivity contribution in [1.29, 1.82) is 0 Å². The van der Waals surface area contributed by atoms with Crippen LogP contribution in [0.4, 0.5) is 0 Å². The van der Waals surface area contributed by atoms with Crippen LogP contribution in [-0.4, -0.2) is 188 Å². The number of hydrogen-bond acceptors (Lipinski definition) is 17. The molecule has 0 saturated heterocycles. The third kappa shape index (κ3) is 24.1. The molecular weight excluding hydrogens is 1030 g/mol. The first-order chi connectivity index (χ1) is 35.5. The summed E-state index contributed by atoms with van der Waals surface area (Å²) < 4.78 is 0. The molecule has 0 spiro atoms. The first kappa shape index (κ1) is 66.4. The Labute approximate surface area is 442 Å². The average Bonchev–Trinajstić information content (AvgIpc) is 3.33. The molecule has 9 amide bonds. The predicted molar refractivity (Wildman–Crippen MR) is 271 cm³/mol. The van der Waals surface area contributed by atoms with Gasteiger partial charge in [-0.2, -0.15) is 12.6 Å². The van der Waals surface area contributed by atoms with Crippen molar-refractivity contribution in [1.82, 2.24) is 47.9 Å². The Hall–Kier alpha value is -7.64. The van der Waals surface area contributed by atoms with Crippen molar-refractivity contribution in [2.45, 2.75) is 127 Å². The summed E-state index contributed by atoms with van der Waals surface area (Å²) in [6, 6.07) is -6.71. The zero-order valence-electron chi connectivity index (χ0n) is 42.4. The van der Waals surface area contributed by atoms with Crippen LogP contribution in [0.25, 0.3) is 0 Å². The molecule has 0 bridgehead atoms. The second-order valence-corrected chi connectivity index (χ2v) is 18.3. The van der Waals surface area contributed by atoms with E-state index in [0.717, 1.165) is 0 Å². The van der Waals surface area contributed by atoms with Crippen molar-refractivity contribution < 1.29 is 83.1 Å². The molecule has 0 aliphatic heterocycles. The number of carboxylic acids is 3. The second kappa shape index (κ2) is 33.3. The summed E-state index contributed by atoms with van der Waals surface area (Å²) in [6.07, 6.45) is -3.63. The lowest BCUT2D eigenvalue weighted by molar-refractivity contribution is -0.144. The van der Waals surface area contributed by atoms with Crippen molar-refractivity contribution in [2.75, 3.05) is 25.4 Å². The van der Waals surface area contributed by atoms with E-state index in [9.17, 15) is 78.0 Å². The van der Waals surface area contributed by atoms with Crippen LogP contribution in [0, 0.1) is 11.8 Å². The smallest absolute Gasteiger partial charge is 0.322 e. The molecule has 1 aromatic carbocycles. The van der Waals surface area contributed by atoms with Crippen LogP contribution in [0.5, 0.6) is 0 Å². The molecular formula is C45H71N13O17S. The zero-order valence-corrected chi connectivity index (χ0v) is 43.3. The summed E-state index contributed by atoms with van der Waals surface area (Å²) in [7, 11) is 0. The van der Waals surface area contributed by atoms with Crippen molar-refractivity contribution in [2.24, 2.45) is 34.0 Å². The van der Waals surface area contributed by atoms with Crippen LogP contribution in [0.3, 0.4) is 0 Å². The summed E-state index contributed by atoms with van der Waals surface area (Å²) in [4.78, 5) is 159. The molecule has 10 atom stereocenters. The van der Waals surface area contributed by atoms with Gasteiger partial charge in [-0.25, -0.2) is 0 Å². The standard InChI is InChI=1S/C45H71N13O17S/c1-20(2)33(57-44(75)35(22(5)60)58-43(74)34(21(3)4)56-36(67)24(46)12-9-13-49-45(47)48)42(73)55-29(19-76)41(72)54-28(18-59)40(71)51-25(14-23-10-7-6-8-11-23)38(69)53-27(16-31(63)64)39(70)52-26(15-30(61)62)37(68)50-17-32(65)66/h6-8,10-11,20-22,24-29,33-35,59-60,76H,9,12-19,46H2,1-5H3,(H,50,68)(H,51,71)(H,52,70)(H,53,69)(H,54,72)(H,55,73)(H,56,67)(H,57,75)(H,58,74)(H,61,62)(H,63,64)(H,65,66)(H4,47,48,49)/t22-,24+,25+,26+,27+,28+,29+,33+,34+,35+/m1/s1. The minimum atomic E-state index is -2.03. The first-order valence-corrected chi connectivity index (χ1v) is 24.3. The zero-order chi connectivity index (χ0) is 58.0. The summed E-state index contributed by atoms with van der Waals surface area (Å²) >= 11 is 4.14. The highest BCUT2D eigenvalue weighted by atomic mass is 32.1. The quantitative estimate of drug-likeness (QED) is 0.0132. The van der Waals surface area contributed by atoms with Gasteiger partial charge in [0.1, 0.15) is 54.9 Å². The van der Waals surface area contributed by atoms with Gasteiger partial charge < -0.3 is 90.6 Å². The predicted octanol–water partition coefficient (Wildman–Crippen LogP) is -6.75. The normalized spacial score (nSPS) is 14.9. The number of guanidine groups is 1. The molecule has 1 rings (SSSR count). The number of carbonyl (C=O) groups excluding carboxylic acids is 9. The van der Waals surface area contributed by atoms with Gasteiger partial charge in [-0.3, -0.25) is 62.5 Å². The molecule has 1 aromatic rings. The van der Waals surface area contributed by atoms with Crippen LogP contribution in [0.15, 0.2) is 35.3 Å². The van der Waals surface area contributed by atoms with Gasteiger partial charge in [0, 0.05) is 18.7 Å². The third-order valence-electron chi connectivity index (χ3n) is 10.8. The van der Waals surface area contributed by atoms with E-state index in [1.54, 1.807) is 32.0 Å². The number of hydrogen-bond donors (Lipinski definition) is 18. The van der Waals surface area contributed by atoms with Gasteiger partial charge in [0.15, 0.2) is 5.96 Å². The van der Waals surface area contributed by atoms with Gasteiger partial charge in [0.2, 0.25) is 53.2 Å². The van der Waals surface area contributed by atoms with Gasteiger partial charge in [0.25, 0.3) is 0 Å². The Kier molecular flexibility index (Phi) is 29.1. The highest BCUT2D eigenvalue weighted by Crippen LogP contribution is 2.10. The fraction of sp³-hybridized carbons (Fsp3) is 0.578. The van der Waals surface area contributed by atoms with Gasteiger partial charge in [0.05, 0.1) is 31.6 Å². The molecule has 0 aromatic heterocycles. The maximum Gasteiger partial charge on any atom is 0.322 e. The van der Waals surface area contributed by atoms with Crippen LogP contribution in [-0.2, 0) is 64.0 Å². The van der Waals surface area contributed by atoms with E-state index in [4.69, 9.17) is 22.3 Å². The largest absolute Gasteiger partial charge is 0.481 e. The van der Waals surface area contributed by atoms with Gasteiger partial charge in [-0.1, -0.05) is 58.0 Å². The molecule has 0 unspecified atom stereocenters. The molecule has 0 fully saturated rings. The Morgan fingerprint density at radius 1 is 0.553 bits per heavy atom. The van der Waals surface area contributed by atoms with E-state index >= 15 is 0 Å². The summed E-state index contributed by atoms with van der Waals surface area (Å²) in [5.41, 5.74) is 17.0. The number of aliphatic carboxylic acids is 3. The molecule has 0 saturated carbocycles. The molecule has 20 N–H and O–H groups in total. The van der Waals surface area contributed by atoms with E-state index < -0.39 is 175 Å². The minimum Gasteiger partial charge on any atom is -0.481 e. The number of nitrogens with one attached hydrogen (secondary N) is 9. The van der Waals surface area contributed by atoms with Crippen LogP contribution in [0.1, 0.15) is 65.9 Å². The Balaban J connectivity index is 3.29. The molecule has 424 valence electrons. The number of thiol groups is 1. The van der Waals surface area contributed by atoms with Crippen LogP contribution in [0.2, 0.25) is 0 Å². The lowest BCUT2D eigenvalue weighted by Gasteiger charge is -2.30. The van der Waals surface area contributed by atoms with Crippen molar-refractivity contribution in [3.63, 3.8) is 0 Å². The van der Waals surface area contributed by atoms with Crippen molar-refractivity contribution >= 4 is 89.7 Å². The molecule has 0 radical (unpaired) electrons. The number of carboxylic acid groups (broad SMARTS) is 3. The van der Waals surface area contributed by atoms with Gasteiger partial charge >= 0.3 is 17.9 Å². The number of benzene rings is 1. The minimum absolute atomic E-state index is 0.140. The summed E-state index contributed by atoms with van der Waals surface area (Å²) in [5, 5.41) is 68.9. The number of aliphatic imine (C=N–C) groups is 1. The second-order valence-electron chi connectivity index (χ2n) is 17.9. The molecule has 30 nitrogen and oxygen atoms in total. The van der Waals surface area contributed by atoms with E-state index in [-0.39, 0.29) is 25.3 Å². The number of amides is 9. The van der Waals surface area contributed by atoms with E-state index in [0.29, 0.717) is 12.0 Å². The Bertz CT molecular complexity index is 2230. The SMILES string of the molecule is CC(C)[C@H](NC(=O)[C@@H](NC(=O)[C@@H](NC(=O)[C@@H](N)CCCN=C(N)N)C(C)C)[C@@H](C)O)C(=O)N[C@@H](CS)C(=O)N[C@@H](CO)C(=O)N[C@@H](Cc1ccccc1)C(=O)N[C@@H](CC(=O)O)C(=O)N[C@@H](CC(=O)O)C(=O)NCC(=O)O. The molecule has 0 heterocycles. The van der Waals surface area contributed by atoms with Crippen LogP contribution >= 0.6 is 12.6 Å².